The number of nitro groups is 1. The molecule has 3 aromatic carbocycles. The summed E-state index contributed by atoms with van der Waals surface area (Å²) in [6, 6.07) is 13.3. The first-order valence-electron chi connectivity index (χ1n) is 10.5. The molecular formula is C24H18F4N2O6. The molecule has 0 fully saturated rings. The number of esters is 1. The molecule has 0 saturated heterocycles. The van der Waals surface area contributed by atoms with Crippen LogP contribution in [0.25, 0.3) is 0 Å². The number of carbonyl (C=O) groups excluding carboxylic acids is 1. The lowest BCUT2D eigenvalue weighted by Crippen LogP contribution is -2.21. The van der Waals surface area contributed by atoms with E-state index in [0.29, 0.717) is 23.4 Å². The van der Waals surface area contributed by atoms with Crippen molar-refractivity contribution in [1.82, 2.24) is 0 Å². The number of hydrogen-bond acceptors (Lipinski definition) is 7. The lowest BCUT2D eigenvalue weighted by Gasteiger charge is -2.28. The fourth-order valence-electron chi connectivity index (χ4n) is 3.54. The molecule has 8 nitrogen and oxygen atoms in total. The van der Waals surface area contributed by atoms with Crippen molar-refractivity contribution in [2.45, 2.75) is 25.7 Å². The first-order valence-corrected chi connectivity index (χ1v) is 10.5. The summed E-state index contributed by atoms with van der Waals surface area (Å²) >= 11 is 0. The van der Waals surface area contributed by atoms with E-state index in [1.807, 2.05) is 6.07 Å². The molecule has 0 aromatic heterocycles. The third kappa shape index (κ3) is 5.71. The van der Waals surface area contributed by atoms with Crippen LogP contribution in [0.3, 0.4) is 0 Å². The Morgan fingerprint density at radius 3 is 2.58 bits per heavy atom. The second-order valence-corrected chi connectivity index (χ2v) is 7.73. The zero-order valence-electron chi connectivity index (χ0n) is 18.4. The van der Waals surface area contributed by atoms with Crippen LogP contribution >= 0.6 is 0 Å². The normalized spacial score (nSPS) is 14.9. The molecule has 0 amide bonds. The van der Waals surface area contributed by atoms with Gasteiger partial charge in [0, 0.05) is 22.8 Å². The first kappa shape index (κ1) is 24.9. The third-order valence-corrected chi connectivity index (χ3v) is 5.23. The van der Waals surface area contributed by atoms with E-state index in [1.165, 1.54) is 6.07 Å². The van der Waals surface area contributed by atoms with E-state index in [9.17, 15) is 32.5 Å². The summed E-state index contributed by atoms with van der Waals surface area (Å²) in [4.78, 5) is 22.4. The predicted octanol–water partition coefficient (Wildman–Crippen LogP) is 5.52. The molecule has 0 spiro atoms. The molecule has 36 heavy (non-hydrogen) atoms. The fourth-order valence-corrected chi connectivity index (χ4v) is 3.54. The van der Waals surface area contributed by atoms with E-state index < -0.39 is 47.0 Å². The highest BCUT2D eigenvalue weighted by Gasteiger charge is 2.33. The number of hydrogen-bond donors (Lipinski definition) is 1. The van der Waals surface area contributed by atoms with Crippen molar-refractivity contribution < 1.29 is 41.5 Å². The Bertz CT molecular complexity index is 1280. The highest BCUT2D eigenvalue weighted by molar-refractivity contribution is 5.77. The summed E-state index contributed by atoms with van der Waals surface area (Å²) in [7, 11) is 0. The van der Waals surface area contributed by atoms with Gasteiger partial charge in [-0.3, -0.25) is 14.9 Å². The van der Waals surface area contributed by atoms with Crippen LogP contribution in [0.2, 0.25) is 0 Å². The number of benzene rings is 3. The van der Waals surface area contributed by atoms with E-state index in [1.54, 1.807) is 24.3 Å². The van der Waals surface area contributed by atoms with Crippen molar-refractivity contribution in [2.24, 2.45) is 0 Å². The van der Waals surface area contributed by atoms with Gasteiger partial charge in [-0.05, 0) is 24.3 Å². The number of alkyl halides is 3. The third-order valence-electron chi connectivity index (χ3n) is 5.23. The number of halogens is 4. The van der Waals surface area contributed by atoms with Crippen LogP contribution < -0.4 is 10.1 Å². The largest absolute Gasteiger partial charge is 0.460 e. The van der Waals surface area contributed by atoms with Crippen molar-refractivity contribution in [3.8, 4) is 5.75 Å². The lowest BCUT2D eigenvalue weighted by molar-refractivity contribution is -0.384. The van der Waals surface area contributed by atoms with Gasteiger partial charge in [0.05, 0.1) is 17.1 Å². The van der Waals surface area contributed by atoms with Crippen molar-refractivity contribution in [1.29, 1.82) is 0 Å². The van der Waals surface area contributed by atoms with Crippen LogP contribution in [0.5, 0.6) is 5.75 Å². The summed E-state index contributed by atoms with van der Waals surface area (Å²) in [6.07, 6.45) is -5.51. The van der Waals surface area contributed by atoms with E-state index in [4.69, 9.17) is 14.2 Å². The van der Waals surface area contributed by atoms with Crippen LogP contribution in [-0.4, -0.2) is 17.4 Å². The maximum atomic E-state index is 14.1. The van der Waals surface area contributed by atoms with Crippen molar-refractivity contribution in [3.63, 3.8) is 0 Å². The number of rotatable bonds is 7. The molecule has 4 rings (SSSR count). The number of nitro benzene ring substituents is 1. The van der Waals surface area contributed by atoms with Crippen LogP contribution in [0.1, 0.15) is 28.5 Å². The van der Waals surface area contributed by atoms with Crippen LogP contribution in [0, 0.1) is 15.9 Å². The Kier molecular flexibility index (Phi) is 7.06. The molecule has 1 N–H and O–H groups in total. The summed E-state index contributed by atoms with van der Waals surface area (Å²) in [6.45, 7) is -0.899. The van der Waals surface area contributed by atoms with Crippen LogP contribution in [0.15, 0.2) is 60.7 Å². The van der Waals surface area contributed by atoms with Gasteiger partial charge in [-0.1, -0.05) is 30.3 Å². The van der Waals surface area contributed by atoms with Gasteiger partial charge in [0.2, 0.25) is 6.29 Å². The molecule has 12 heteroatoms. The smallest absolute Gasteiger partial charge is 0.416 e. The lowest BCUT2D eigenvalue weighted by atomic mass is 10.1. The van der Waals surface area contributed by atoms with Gasteiger partial charge >= 0.3 is 12.1 Å². The Morgan fingerprint density at radius 2 is 1.89 bits per heavy atom. The average Bonchev–Trinajstić information content (AvgIpc) is 2.85. The summed E-state index contributed by atoms with van der Waals surface area (Å²) < 4.78 is 69.3. The minimum atomic E-state index is -4.76. The maximum Gasteiger partial charge on any atom is 0.416 e. The van der Waals surface area contributed by atoms with E-state index in [-0.39, 0.29) is 24.5 Å². The molecular weight excluding hydrogens is 488 g/mol. The zero-order valence-corrected chi connectivity index (χ0v) is 18.4. The fraction of sp³-hybridized carbons (Fsp3) is 0.208. The van der Waals surface area contributed by atoms with Gasteiger partial charge in [0.15, 0.2) is 0 Å². The summed E-state index contributed by atoms with van der Waals surface area (Å²) in [5, 5.41) is 13.6. The average molecular weight is 506 g/mol. The highest BCUT2D eigenvalue weighted by atomic mass is 19.4. The first-order chi connectivity index (χ1) is 17.1. The van der Waals surface area contributed by atoms with Crippen LogP contribution in [-0.2, 0) is 33.7 Å². The SMILES string of the molecule is O=C(CNc1ccc(C(F)(F)F)cc1[N+](=O)[O-])OCc1cc(F)cc2c1O[C@@H](c1ccccc1)OC2. The molecule has 188 valence electrons. The maximum absolute atomic E-state index is 14.1. The van der Waals surface area contributed by atoms with Crippen molar-refractivity contribution in [2.75, 3.05) is 11.9 Å². The number of nitrogens with one attached hydrogen (secondary N) is 1. The summed E-state index contributed by atoms with van der Waals surface area (Å²) in [5.74, 6) is -1.17. The van der Waals surface area contributed by atoms with Gasteiger partial charge in [0.25, 0.3) is 5.69 Å². The number of ether oxygens (including phenoxy) is 3. The van der Waals surface area contributed by atoms with E-state index >= 15 is 0 Å². The minimum Gasteiger partial charge on any atom is -0.460 e. The molecule has 1 heterocycles. The topological polar surface area (TPSA) is 99.9 Å². The quantitative estimate of drug-likeness (QED) is 0.195. The Labute approximate surface area is 201 Å². The van der Waals surface area contributed by atoms with Gasteiger partial charge < -0.3 is 19.5 Å². The highest BCUT2D eigenvalue weighted by Crippen LogP contribution is 2.37. The molecule has 1 aliphatic rings. The predicted molar refractivity (Wildman–Crippen MR) is 117 cm³/mol. The molecule has 0 radical (unpaired) electrons. The number of anilines is 1. The molecule has 0 bridgehead atoms. The standard InChI is InChI=1S/C24H18F4N2O6/c25-18-8-15(22-16(9-18)13-35-23(36-22)14-4-2-1-3-5-14)12-34-21(31)11-29-19-7-6-17(24(26,27)28)10-20(19)30(32)33/h1-10,23,29H,11-13H2/t23-/m0/s1. The van der Waals surface area contributed by atoms with E-state index in [0.717, 1.165) is 17.7 Å². The van der Waals surface area contributed by atoms with Gasteiger partial charge in [-0.25, -0.2) is 4.39 Å². The zero-order chi connectivity index (χ0) is 25.9. The molecule has 1 atom stereocenters. The second-order valence-electron chi connectivity index (χ2n) is 7.73. The minimum absolute atomic E-state index is 0.0622. The van der Waals surface area contributed by atoms with Gasteiger partial charge in [0.1, 0.15) is 30.4 Å². The van der Waals surface area contributed by atoms with Gasteiger partial charge in [-0.2, -0.15) is 13.2 Å². The van der Waals surface area contributed by atoms with Gasteiger partial charge in [-0.15, -0.1) is 0 Å². The molecule has 3 aromatic rings. The Balaban J connectivity index is 1.43. The monoisotopic (exact) mass is 506 g/mol. The molecule has 0 aliphatic carbocycles. The molecule has 0 saturated carbocycles. The Hall–Kier alpha value is -4.19. The van der Waals surface area contributed by atoms with Crippen molar-refractivity contribution >= 4 is 17.3 Å². The van der Waals surface area contributed by atoms with E-state index in [2.05, 4.69) is 5.32 Å². The number of fused-ring (bicyclic) bond motifs is 1. The number of nitrogens with zero attached hydrogens (tertiary/aromatic N) is 1. The molecule has 1 aliphatic heterocycles. The molecule has 0 unspecified atom stereocenters. The summed E-state index contributed by atoms with van der Waals surface area (Å²) in [5.41, 5.74) is -0.944. The second kappa shape index (κ2) is 10.2. The Morgan fingerprint density at radius 1 is 1.14 bits per heavy atom. The van der Waals surface area contributed by atoms with Crippen molar-refractivity contribution in [3.05, 3.63) is 98.8 Å². The number of carbonyl (C=O) groups is 1. The van der Waals surface area contributed by atoms with Crippen LogP contribution in [0.4, 0.5) is 28.9 Å².